The van der Waals surface area contributed by atoms with Gasteiger partial charge in [-0.25, -0.2) is 12.7 Å². The third-order valence-corrected chi connectivity index (χ3v) is 5.86. The maximum atomic E-state index is 11.7. The third kappa shape index (κ3) is 7.05. The number of hydrogen-bond donors (Lipinski definition) is 2. The van der Waals surface area contributed by atoms with Crippen LogP contribution in [0.2, 0.25) is 0 Å². The smallest absolute Gasteiger partial charge is 0.213 e. The van der Waals surface area contributed by atoms with E-state index in [-0.39, 0.29) is 11.4 Å². The van der Waals surface area contributed by atoms with Crippen molar-refractivity contribution in [3.05, 3.63) is 0 Å². The van der Waals surface area contributed by atoms with E-state index < -0.39 is 10.0 Å². The highest BCUT2D eigenvalue weighted by atomic mass is 32.2. The maximum absolute atomic E-state index is 11.7. The van der Waals surface area contributed by atoms with Gasteiger partial charge < -0.3 is 15.4 Å². The first-order valence-corrected chi connectivity index (χ1v) is 10.0. The maximum Gasteiger partial charge on any atom is 0.213 e. The van der Waals surface area contributed by atoms with Crippen molar-refractivity contribution in [1.29, 1.82) is 0 Å². The van der Waals surface area contributed by atoms with E-state index in [2.05, 4.69) is 22.5 Å². The number of guanidine groups is 1. The van der Waals surface area contributed by atoms with Crippen molar-refractivity contribution in [2.75, 3.05) is 45.6 Å². The molecule has 1 fully saturated rings. The number of sulfonamides is 1. The molecular weight excluding hydrogens is 316 g/mol. The Hall–Kier alpha value is -0.860. The average Bonchev–Trinajstić information content (AvgIpc) is 2.95. The van der Waals surface area contributed by atoms with Crippen LogP contribution >= 0.6 is 0 Å². The molecule has 1 aliphatic heterocycles. The van der Waals surface area contributed by atoms with Gasteiger partial charge >= 0.3 is 0 Å². The minimum atomic E-state index is -3.10. The lowest BCUT2D eigenvalue weighted by atomic mass is 10.0. The lowest BCUT2D eigenvalue weighted by Gasteiger charge is -2.21. The molecule has 2 N–H and O–H groups in total. The number of nitrogens with zero attached hydrogens (tertiary/aromatic N) is 2. The van der Waals surface area contributed by atoms with E-state index in [9.17, 15) is 8.42 Å². The molecule has 23 heavy (non-hydrogen) atoms. The van der Waals surface area contributed by atoms with Crippen LogP contribution in [-0.4, -0.2) is 69.9 Å². The Morgan fingerprint density at radius 1 is 1.35 bits per heavy atom. The molecule has 0 aromatic rings. The van der Waals surface area contributed by atoms with Crippen LogP contribution in [0.1, 0.15) is 40.0 Å². The summed E-state index contributed by atoms with van der Waals surface area (Å²) in [4.78, 5) is 4.59. The minimum absolute atomic E-state index is 0.139. The summed E-state index contributed by atoms with van der Waals surface area (Å²) in [5, 5.41) is 6.45. The number of nitrogens with one attached hydrogen (secondary N) is 2. The predicted octanol–water partition coefficient (Wildman–Crippen LogP) is 0.782. The second-order valence-electron chi connectivity index (χ2n) is 6.10. The second-order valence-corrected chi connectivity index (χ2v) is 8.46. The van der Waals surface area contributed by atoms with Crippen molar-refractivity contribution in [2.24, 2.45) is 4.99 Å². The molecule has 0 radical (unpaired) electrons. The van der Waals surface area contributed by atoms with E-state index in [1.165, 1.54) is 4.31 Å². The largest absolute Gasteiger partial charge is 0.373 e. The van der Waals surface area contributed by atoms with E-state index >= 15 is 0 Å². The van der Waals surface area contributed by atoms with Gasteiger partial charge in [-0.3, -0.25) is 4.99 Å². The zero-order valence-electron chi connectivity index (χ0n) is 14.9. The molecule has 1 aliphatic rings. The van der Waals surface area contributed by atoms with Gasteiger partial charge in [-0.05, 0) is 40.0 Å². The highest BCUT2D eigenvalue weighted by Crippen LogP contribution is 2.24. The first kappa shape index (κ1) is 20.2. The number of rotatable bonds is 9. The van der Waals surface area contributed by atoms with E-state index in [0.717, 1.165) is 38.4 Å². The van der Waals surface area contributed by atoms with Crippen LogP contribution in [0.25, 0.3) is 0 Å². The molecule has 1 heterocycles. The third-order valence-electron chi connectivity index (χ3n) is 4.00. The Bertz CT molecular complexity index is 473. The quantitative estimate of drug-likeness (QED) is 0.366. The van der Waals surface area contributed by atoms with Crippen molar-refractivity contribution >= 4 is 16.0 Å². The van der Waals surface area contributed by atoms with Crippen molar-refractivity contribution in [2.45, 2.75) is 45.6 Å². The molecule has 0 aromatic carbocycles. The lowest BCUT2D eigenvalue weighted by Crippen LogP contribution is -2.40. The molecule has 1 unspecified atom stereocenters. The number of hydrogen-bond acceptors (Lipinski definition) is 4. The van der Waals surface area contributed by atoms with Crippen LogP contribution in [0.4, 0.5) is 0 Å². The summed E-state index contributed by atoms with van der Waals surface area (Å²) in [7, 11) is -1.47. The number of aliphatic imine (C=N–C) groups is 1. The number of ether oxygens (including phenoxy) is 1. The monoisotopic (exact) mass is 348 g/mol. The fourth-order valence-electron chi connectivity index (χ4n) is 2.42. The Morgan fingerprint density at radius 3 is 2.65 bits per heavy atom. The predicted molar refractivity (Wildman–Crippen MR) is 94.3 cm³/mol. The standard InChI is InChI=1S/C15H32N4O3S/c1-5-16-14(18-13-15(3)9-7-12-22-15)17-10-8-11-19(4)23(20,21)6-2/h5-13H2,1-4H3,(H2,16,17,18). The molecule has 136 valence electrons. The molecule has 7 nitrogen and oxygen atoms in total. The molecule has 1 saturated heterocycles. The molecule has 0 saturated carbocycles. The summed E-state index contributed by atoms with van der Waals surface area (Å²) in [5.74, 6) is 0.893. The highest BCUT2D eigenvalue weighted by Gasteiger charge is 2.29. The molecule has 1 atom stereocenters. The minimum Gasteiger partial charge on any atom is -0.373 e. The lowest BCUT2D eigenvalue weighted by molar-refractivity contribution is 0.0283. The van der Waals surface area contributed by atoms with Crippen LogP contribution < -0.4 is 10.6 Å². The molecule has 1 rings (SSSR count). The van der Waals surface area contributed by atoms with Crippen LogP contribution in [0.3, 0.4) is 0 Å². The first-order valence-electron chi connectivity index (χ1n) is 8.43. The zero-order chi connectivity index (χ0) is 17.3. The van der Waals surface area contributed by atoms with E-state index in [4.69, 9.17) is 4.74 Å². The van der Waals surface area contributed by atoms with Crippen molar-refractivity contribution in [3.8, 4) is 0 Å². The molecular formula is C15H32N4O3S. The fourth-order valence-corrected chi connectivity index (χ4v) is 3.27. The Balaban J connectivity index is 2.38. The van der Waals surface area contributed by atoms with Crippen molar-refractivity contribution < 1.29 is 13.2 Å². The average molecular weight is 349 g/mol. The van der Waals surface area contributed by atoms with Gasteiger partial charge in [0.2, 0.25) is 10.0 Å². The van der Waals surface area contributed by atoms with Crippen molar-refractivity contribution in [3.63, 3.8) is 0 Å². The van der Waals surface area contributed by atoms with Crippen LogP contribution in [0, 0.1) is 0 Å². The molecule has 0 spiro atoms. The highest BCUT2D eigenvalue weighted by molar-refractivity contribution is 7.89. The first-order chi connectivity index (χ1) is 10.8. The SMILES string of the molecule is CCNC(=NCC1(C)CCCO1)NCCCN(C)S(=O)(=O)CC. The fraction of sp³-hybridized carbons (Fsp3) is 0.933. The van der Waals surface area contributed by atoms with Crippen LogP contribution in [0.15, 0.2) is 4.99 Å². The molecule has 0 bridgehead atoms. The van der Waals surface area contributed by atoms with E-state index in [1.54, 1.807) is 14.0 Å². The van der Waals surface area contributed by atoms with Gasteiger partial charge in [-0.2, -0.15) is 0 Å². The van der Waals surface area contributed by atoms with Gasteiger partial charge in [0.1, 0.15) is 0 Å². The molecule has 0 amide bonds. The van der Waals surface area contributed by atoms with Crippen LogP contribution in [0.5, 0.6) is 0 Å². The van der Waals surface area contributed by atoms with Gasteiger partial charge in [0.15, 0.2) is 5.96 Å². The van der Waals surface area contributed by atoms with Gasteiger partial charge in [-0.15, -0.1) is 0 Å². The van der Waals surface area contributed by atoms with Gasteiger partial charge in [0, 0.05) is 33.3 Å². The molecule has 0 aliphatic carbocycles. The van der Waals surface area contributed by atoms with E-state index in [1.807, 2.05) is 6.92 Å². The zero-order valence-corrected chi connectivity index (χ0v) is 15.7. The second kappa shape index (κ2) is 9.44. The molecule has 8 heteroatoms. The van der Waals surface area contributed by atoms with Gasteiger partial charge in [-0.1, -0.05) is 0 Å². The van der Waals surface area contributed by atoms with Crippen molar-refractivity contribution in [1.82, 2.24) is 14.9 Å². The van der Waals surface area contributed by atoms with Gasteiger partial charge in [0.25, 0.3) is 0 Å². The van der Waals surface area contributed by atoms with Crippen LogP contribution in [-0.2, 0) is 14.8 Å². The molecule has 0 aromatic heterocycles. The topological polar surface area (TPSA) is 83.0 Å². The Morgan fingerprint density at radius 2 is 2.09 bits per heavy atom. The summed E-state index contributed by atoms with van der Waals surface area (Å²) >= 11 is 0. The normalized spacial score (nSPS) is 22.6. The Labute approximate surface area is 140 Å². The summed E-state index contributed by atoms with van der Waals surface area (Å²) < 4.78 is 30.5. The summed E-state index contributed by atoms with van der Waals surface area (Å²) in [6.45, 7) is 9.18. The Kier molecular flexibility index (Phi) is 8.28. The van der Waals surface area contributed by atoms with E-state index in [0.29, 0.717) is 19.6 Å². The summed E-state index contributed by atoms with van der Waals surface area (Å²) in [6, 6.07) is 0. The van der Waals surface area contributed by atoms with Gasteiger partial charge in [0.05, 0.1) is 17.9 Å². The summed E-state index contributed by atoms with van der Waals surface area (Å²) in [5.41, 5.74) is -0.155. The summed E-state index contributed by atoms with van der Waals surface area (Å²) in [6.07, 6.45) is 2.86.